The molecule has 7 heteroatoms. The van der Waals surface area contributed by atoms with Gasteiger partial charge < -0.3 is 20.2 Å². The van der Waals surface area contributed by atoms with E-state index in [-0.39, 0.29) is 31.0 Å². The van der Waals surface area contributed by atoms with Crippen LogP contribution in [0.3, 0.4) is 0 Å². The number of carbonyl (C=O) groups excluding carboxylic acids is 3. The molecule has 126 valence electrons. The molecule has 7 nitrogen and oxygen atoms in total. The molecule has 0 spiro atoms. The Morgan fingerprint density at radius 1 is 1.18 bits per heavy atom. The summed E-state index contributed by atoms with van der Waals surface area (Å²) in [6.45, 7) is 6.85. The van der Waals surface area contributed by atoms with Gasteiger partial charge in [0.05, 0.1) is 24.3 Å². The van der Waals surface area contributed by atoms with E-state index in [0.29, 0.717) is 6.21 Å². The van der Waals surface area contributed by atoms with Gasteiger partial charge in [-0.3, -0.25) is 9.59 Å². The Bertz CT molecular complexity index is 409. The summed E-state index contributed by atoms with van der Waals surface area (Å²) >= 11 is 0. The van der Waals surface area contributed by atoms with Gasteiger partial charge in [0.2, 0.25) is 5.91 Å². The normalized spacial score (nSPS) is 14.8. The first-order valence-corrected chi connectivity index (χ1v) is 7.29. The highest BCUT2D eigenvalue weighted by Gasteiger charge is 2.27. The van der Waals surface area contributed by atoms with E-state index in [1.807, 2.05) is 0 Å². The van der Waals surface area contributed by atoms with Crippen LogP contribution in [0.2, 0.25) is 0 Å². The quantitative estimate of drug-likeness (QED) is 0.464. The molecule has 0 saturated heterocycles. The van der Waals surface area contributed by atoms with Crippen LogP contribution in [-0.4, -0.2) is 49.2 Å². The van der Waals surface area contributed by atoms with Gasteiger partial charge in [-0.05, 0) is 27.2 Å². The molecule has 0 saturated carbocycles. The molecule has 1 amide bonds. The molecule has 0 aromatic heterocycles. The minimum absolute atomic E-state index is 0.00411. The molecule has 0 heterocycles. The van der Waals surface area contributed by atoms with Crippen LogP contribution in [0.25, 0.3) is 0 Å². The molecule has 0 aromatic carbocycles. The number of esters is 1. The largest absolute Gasteiger partial charge is 0.461 e. The molecule has 0 radical (unpaired) electrons. The molecule has 0 aliphatic carbocycles. The zero-order valence-corrected chi connectivity index (χ0v) is 13.8. The van der Waals surface area contributed by atoms with Crippen LogP contribution in [0.5, 0.6) is 0 Å². The van der Waals surface area contributed by atoms with E-state index < -0.39 is 23.7 Å². The molecule has 2 N–H and O–H groups in total. The van der Waals surface area contributed by atoms with E-state index in [0.717, 1.165) is 0 Å². The number of methoxy groups -OCH3 is 1. The molecule has 0 fully saturated rings. The van der Waals surface area contributed by atoms with Crippen LogP contribution in [-0.2, 0) is 23.9 Å². The van der Waals surface area contributed by atoms with Gasteiger partial charge in [-0.2, -0.15) is 0 Å². The highest BCUT2D eigenvalue weighted by molar-refractivity contribution is 6.26. The number of ketones is 1. The van der Waals surface area contributed by atoms with E-state index in [2.05, 4.69) is 5.32 Å². The van der Waals surface area contributed by atoms with E-state index in [1.165, 1.54) is 7.11 Å². The highest BCUT2D eigenvalue weighted by atomic mass is 16.5. The summed E-state index contributed by atoms with van der Waals surface area (Å²) in [4.78, 5) is 35.4. The van der Waals surface area contributed by atoms with Gasteiger partial charge in [-0.25, -0.2) is 4.79 Å². The van der Waals surface area contributed by atoms with Crippen molar-refractivity contribution in [2.75, 3.05) is 7.11 Å². The van der Waals surface area contributed by atoms with Gasteiger partial charge in [0.25, 0.3) is 0 Å². The first-order chi connectivity index (χ1) is 10.2. The van der Waals surface area contributed by atoms with E-state index in [4.69, 9.17) is 14.9 Å². The maximum absolute atomic E-state index is 12.1. The number of Topliss-reactive ketones (excluding diaryl/α,β-unsaturated/α-hetero) is 1. The summed E-state index contributed by atoms with van der Waals surface area (Å²) in [5, 5.41) is 9.47. The van der Waals surface area contributed by atoms with Crippen molar-refractivity contribution >= 4 is 23.9 Å². The first-order valence-electron chi connectivity index (χ1n) is 7.29. The molecule has 0 unspecified atom stereocenters. The highest BCUT2D eigenvalue weighted by Crippen LogP contribution is 2.09. The number of carbonyl (C=O) groups is 3. The summed E-state index contributed by atoms with van der Waals surface area (Å²) in [5.41, 5.74) is 0. The Morgan fingerprint density at radius 2 is 1.77 bits per heavy atom. The van der Waals surface area contributed by atoms with Crippen LogP contribution in [0, 0.1) is 11.3 Å². The van der Waals surface area contributed by atoms with E-state index in [1.54, 1.807) is 27.7 Å². The van der Waals surface area contributed by atoms with Gasteiger partial charge >= 0.3 is 5.97 Å². The van der Waals surface area contributed by atoms with Gasteiger partial charge in [0, 0.05) is 13.5 Å². The van der Waals surface area contributed by atoms with Crippen molar-refractivity contribution in [3.05, 3.63) is 0 Å². The summed E-state index contributed by atoms with van der Waals surface area (Å²) in [5.74, 6) is -1.78. The Hall–Kier alpha value is -1.76. The molecule has 0 rings (SSSR count). The third kappa shape index (κ3) is 7.31. The number of hydrogen-bond acceptors (Lipinski definition) is 6. The fourth-order valence-electron chi connectivity index (χ4n) is 1.64. The maximum atomic E-state index is 12.1. The predicted octanol–water partition coefficient (Wildman–Crippen LogP) is 1.09. The van der Waals surface area contributed by atoms with Crippen LogP contribution >= 0.6 is 0 Å². The fourth-order valence-corrected chi connectivity index (χ4v) is 1.64. The van der Waals surface area contributed by atoms with Crippen molar-refractivity contribution in [1.82, 2.24) is 5.32 Å². The van der Waals surface area contributed by atoms with Crippen molar-refractivity contribution in [2.45, 2.75) is 58.8 Å². The Kier molecular flexibility index (Phi) is 9.24. The molecule has 22 heavy (non-hydrogen) atoms. The second-order valence-electron chi connectivity index (χ2n) is 5.43. The van der Waals surface area contributed by atoms with Crippen LogP contribution in [0.4, 0.5) is 0 Å². The third-order valence-corrected chi connectivity index (χ3v) is 3.28. The van der Waals surface area contributed by atoms with Crippen molar-refractivity contribution in [2.24, 2.45) is 5.92 Å². The topological polar surface area (TPSA) is 106 Å². The van der Waals surface area contributed by atoms with Gasteiger partial charge in [0.15, 0.2) is 5.78 Å². The number of nitrogens with one attached hydrogen (secondary N) is 2. The standard InChI is InChI=1S/C15H26N2O5/c1-9(2)22-15(20)13(7-6-12(18)8-16)17-14(19)10(3)11(4)21-5/h8-11,13,16H,6-7H2,1-5H3,(H,17,19)/t10-,11-,13+/m1/s1. The number of ether oxygens (including phenoxy) is 2. The van der Waals surface area contributed by atoms with Gasteiger partial charge in [-0.15, -0.1) is 0 Å². The van der Waals surface area contributed by atoms with E-state index >= 15 is 0 Å². The molecule has 0 aliphatic rings. The summed E-state index contributed by atoms with van der Waals surface area (Å²) < 4.78 is 10.2. The van der Waals surface area contributed by atoms with Crippen LogP contribution < -0.4 is 5.32 Å². The summed E-state index contributed by atoms with van der Waals surface area (Å²) in [6.07, 6.45) is 0.170. The molecule has 0 aliphatic heterocycles. The lowest BCUT2D eigenvalue weighted by atomic mass is 10.0. The average Bonchev–Trinajstić information content (AvgIpc) is 2.48. The smallest absolute Gasteiger partial charge is 0.328 e. The maximum Gasteiger partial charge on any atom is 0.328 e. The lowest BCUT2D eigenvalue weighted by molar-refractivity contribution is -0.152. The van der Waals surface area contributed by atoms with Gasteiger partial charge in [-0.1, -0.05) is 6.92 Å². The van der Waals surface area contributed by atoms with Crippen molar-refractivity contribution in [3.63, 3.8) is 0 Å². The SMILES string of the molecule is CO[C@H](C)[C@@H](C)C(=O)N[C@@H](CCC(=O)C=N)C(=O)OC(C)C. The molecular weight excluding hydrogens is 288 g/mol. The van der Waals surface area contributed by atoms with Gasteiger partial charge in [0.1, 0.15) is 6.04 Å². The third-order valence-electron chi connectivity index (χ3n) is 3.28. The molecule has 0 aromatic rings. The lowest BCUT2D eigenvalue weighted by Gasteiger charge is -2.23. The lowest BCUT2D eigenvalue weighted by Crippen LogP contribution is -2.46. The monoisotopic (exact) mass is 314 g/mol. The molecule has 3 atom stereocenters. The molecular formula is C15H26N2O5. The number of hydrogen-bond donors (Lipinski definition) is 2. The average molecular weight is 314 g/mol. The minimum Gasteiger partial charge on any atom is -0.461 e. The van der Waals surface area contributed by atoms with Crippen molar-refractivity contribution in [3.8, 4) is 0 Å². The van der Waals surface area contributed by atoms with Crippen molar-refractivity contribution < 1.29 is 23.9 Å². The second kappa shape index (κ2) is 10.0. The Balaban J connectivity index is 4.83. The van der Waals surface area contributed by atoms with Crippen molar-refractivity contribution in [1.29, 1.82) is 5.41 Å². The zero-order chi connectivity index (χ0) is 17.3. The number of amides is 1. The predicted molar refractivity (Wildman–Crippen MR) is 81.8 cm³/mol. The van der Waals surface area contributed by atoms with Crippen LogP contribution in [0.1, 0.15) is 40.5 Å². The Morgan fingerprint density at radius 3 is 2.23 bits per heavy atom. The second-order valence-corrected chi connectivity index (χ2v) is 5.43. The van der Waals surface area contributed by atoms with E-state index in [9.17, 15) is 14.4 Å². The zero-order valence-electron chi connectivity index (χ0n) is 13.8. The fraction of sp³-hybridized carbons (Fsp3) is 0.733. The summed E-state index contributed by atoms with van der Waals surface area (Å²) in [6, 6.07) is -0.912. The van der Waals surface area contributed by atoms with Crippen LogP contribution in [0.15, 0.2) is 0 Å². The summed E-state index contributed by atoms with van der Waals surface area (Å²) in [7, 11) is 1.50. The number of rotatable bonds is 10. The molecule has 0 bridgehead atoms. The Labute approximate surface area is 131 Å². The first kappa shape index (κ1) is 20.2. The minimum atomic E-state index is -0.912.